The zero-order chi connectivity index (χ0) is 20.4. The molecule has 1 unspecified atom stereocenters. The average Bonchev–Trinajstić information content (AvgIpc) is 3.38. The molecule has 2 aromatic carbocycles. The maximum Gasteiger partial charge on any atom is 0.418 e. The van der Waals surface area contributed by atoms with E-state index in [9.17, 15) is 18.0 Å². The summed E-state index contributed by atoms with van der Waals surface area (Å²) in [5.41, 5.74) is -0.0474. The van der Waals surface area contributed by atoms with Crippen LogP contribution in [0.3, 0.4) is 0 Å². The summed E-state index contributed by atoms with van der Waals surface area (Å²) < 4.78 is 39.6. The van der Waals surface area contributed by atoms with Crippen molar-refractivity contribution in [1.82, 2.24) is 9.88 Å². The molecule has 4 rings (SSSR count). The van der Waals surface area contributed by atoms with Gasteiger partial charge in [0.15, 0.2) is 0 Å². The zero-order valence-electron chi connectivity index (χ0n) is 15.3. The Kier molecular flexibility index (Phi) is 5.27. The number of nitrogens with one attached hydrogen (secondary N) is 1. The topological polar surface area (TPSA) is 45.2 Å². The van der Waals surface area contributed by atoms with Gasteiger partial charge in [0, 0.05) is 12.7 Å². The van der Waals surface area contributed by atoms with E-state index in [2.05, 4.69) is 10.3 Å². The minimum absolute atomic E-state index is 0.236. The fourth-order valence-corrected chi connectivity index (χ4v) is 4.54. The number of hydrogen-bond acceptors (Lipinski definition) is 3. The summed E-state index contributed by atoms with van der Waals surface area (Å²) in [6.07, 6.45) is -1.24. The normalized spacial score (nSPS) is 16.8. The van der Waals surface area contributed by atoms with Gasteiger partial charge in [0.05, 0.1) is 22.2 Å². The van der Waals surface area contributed by atoms with Crippen molar-refractivity contribution in [3.8, 4) is 10.4 Å². The number of para-hydroxylation sites is 1. The highest BCUT2D eigenvalue weighted by molar-refractivity contribution is 7.15. The lowest BCUT2D eigenvalue weighted by Crippen LogP contribution is -2.35. The first-order valence-corrected chi connectivity index (χ1v) is 10.00. The predicted molar refractivity (Wildman–Crippen MR) is 107 cm³/mol. The summed E-state index contributed by atoms with van der Waals surface area (Å²) in [6, 6.07) is 14.0. The fraction of sp³-hybridized carbons (Fsp3) is 0.238. The number of halogens is 3. The van der Waals surface area contributed by atoms with Gasteiger partial charge in [-0.1, -0.05) is 42.5 Å². The van der Waals surface area contributed by atoms with Crippen LogP contribution >= 0.6 is 11.3 Å². The van der Waals surface area contributed by atoms with Crippen molar-refractivity contribution in [3.63, 3.8) is 0 Å². The zero-order valence-corrected chi connectivity index (χ0v) is 16.1. The fourth-order valence-electron chi connectivity index (χ4n) is 3.47. The minimum atomic E-state index is -4.53. The van der Waals surface area contributed by atoms with Crippen LogP contribution in [0.2, 0.25) is 0 Å². The van der Waals surface area contributed by atoms with E-state index in [4.69, 9.17) is 0 Å². The summed E-state index contributed by atoms with van der Waals surface area (Å²) in [5.74, 6) is 0. The number of likely N-dealkylation sites (tertiary alicyclic amines) is 1. The number of rotatable bonds is 3. The number of nitrogens with zero attached hydrogens (tertiary/aromatic N) is 2. The SMILES string of the molecule is O=C(Nc1ccccc1C(F)(F)F)N1CCCC1c1ncc(-c2ccccc2)s1. The van der Waals surface area contributed by atoms with Gasteiger partial charge in [0.1, 0.15) is 5.01 Å². The van der Waals surface area contributed by atoms with Crippen molar-refractivity contribution in [2.45, 2.75) is 25.1 Å². The van der Waals surface area contributed by atoms with Crippen molar-refractivity contribution < 1.29 is 18.0 Å². The first-order chi connectivity index (χ1) is 13.9. The Bertz CT molecular complexity index is 1000. The third-order valence-electron chi connectivity index (χ3n) is 4.85. The Hall–Kier alpha value is -2.87. The molecule has 2 heterocycles. The van der Waals surface area contributed by atoms with Gasteiger partial charge in [-0.05, 0) is 30.5 Å². The van der Waals surface area contributed by atoms with Crippen molar-refractivity contribution >= 4 is 23.1 Å². The molecular weight excluding hydrogens is 399 g/mol. The number of hydrogen-bond donors (Lipinski definition) is 1. The van der Waals surface area contributed by atoms with Crippen LogP contribution in [0.4, 0.5) is 23.7 Å². The molecule has 1 aliphatic heterocycles. The average molecular weight is 417 g/mol. The number of carbonyl (C=O) groups is 1. The number of alkyl halides is 3. The maximum absolute atomic E-state index is 13.2. The first kappa shape index (κ1) is 19.4. The number of anilines is 1. The molecule has 1 fully saturated rings. The Morgan fingerprint density at radius 1 is 1.10 bits per heavy atom. The summed E-state index contributed by atoms with van der Waals surface area (Å²) in [4.78, 5) is 19.8. The number of amides is 2. The van der Waals surface area contributed by atoms with E-state index >= 15 is 0 Å². The lowest BCUT2D eigenvalue weighted by atomic mass is 10.1. The van der Waals surface area contributed by atoms with Gasteiger partial charge in [-0.25, -0.2) is 9.78 Å². The molecule has 1 atom stereocenters. The van der Waals surface area contributed by atoms with E-state index in [1.807, 2.05) is 30.3 Å². The molecule has 150 valence electrons. The van der Waals surface area contributed by atoms with Crippen molar-refractivity contribution in [2.75, 3.05) is 11.9 Å². The first-order valence-electron chi connectivity index (χ1n) is 9.18. The van der Waals surface area contributed by atoms with Gasteiger partial charge < -0.3 is 10.2 Å². The molecule has 1 aromatic heterocycles. The van der Waals surface area contributed by atoms with Gasteiger partial charge >= 0.3 is 12.2 Å². The Labute approximate surface area is 170 Å². The smallest absolute Gasteiger partial charge is 0.315 e. The standard InChI is InChI=1S/C21H18F3N3OS/c22-21(23,24)15-9-4-5-10-16(15)26-20(28)27-12-6-11-17(27)19-25-13-18(29-19)14-7-2-1-3-8-14/h1-5,7-10,13,17H,6,11-12H2,(H,26,28). The van der Waals surface area contributed by atoms with E-state index in [-0.39, 0.29) is 11.7 Å². The van der Waals surface area contributed by atoms with Crippen molar-refractivity contribution in [1.29, 1.82) is 0 Å². The molecular formula is C21H18F3N3OS. The third-order valence-corrected chi connectivity index (χ3v) is 6.00. The maximum atomic E-state index is 13.2. The summed E-state index contributed by atoms with van der Waals surface area (Å²) >= 11 is 1.51. The van der Waals surface area contributed by atoms with Gasteiger partial charge in [0.2, 0.25) is 0 Å². The largest absolute Gasteiger partial charge is 0.418 e. The molecule has 4 nitrogen and oxygen atoms in total. The minimum Gasteiger partial charge on any atom is -0.315 e. The number of benzene rings is 2. The van der Waals surface area contributed by atoms with Crippen molar-refractivity contribution in [3.05, 3.63) is 71.4 Å². The van der Waals surface area contributed by atoms with Crippen LogP contribution in [-0.2, 0) is 6.18 Å². The van der Waals surface area contributed by atoms with Crippen LogP contribution in [0.15, 0.2) is 60.8 Å². The highest BCUT2D eigenvalue weighted by Crippen LogP contribution is 2.38. The molecule has 2 amide bonds. The van der Waals surface area contributed by atoms with E-state index in [0.29, 0.717) is 6.54 Å². The lowest BCUT2D eigenvalue weighted by Gasteiger charge is -2.24. The molecule has 8 heteroatoms. The molecule has 1 aliphatic rings. The number of aromatic nitrogens is 1. The van der Waals surface area contributed by atoms with Crippen LogP contribution < -0.4 is 5.32 Å². The molecule has 0 radical (unpaired) electrons. The molecule has 0 bridgehead atoms. The van der Waals surface area contributed by atoms with Gasteiger partial charge in [0.25, 0.3) is 0 Å². The van der Waals surface area contributed by atoms with E-state index < -0.39 is 17.8 Å². The van der Waals surface area contributed by atoms with Crippen LogP contribution in [0.25, 0.3) is 10.4 Å². The summed E-state index contributed by atoms with van der Waals surface area (Å²) in [7, 11) is 0. The van der Waals surface area contributed by atoms with Crippen LogP contribution in [-0.4, -0.2) is 22.5 Å². The molecule has 0 aliphatic carbocycles. The molecule has 29 heavy (non-hydrogen) atoms. The number of urea groups is 1. The Morgan fingerprint density at radius 3 is 2.59 bits per heavy atom. The molecule has 0 spiro atoms. The van der Waals surface area contributed by atoms with Gasteiger partial charge in [-0.2, -0.15) is 13.2 Å². The number of thiazole rings is 1. The molecule has 0 saturated carbocycles. The van der Waals surface area contributed by atoms with Crippen LogP contribution in [0.1, 0.15) is 29.5 Å². The van der Waals surface area contributed by atoms with E-state index in [0.717, 1.165) is 34.4 Å². The van der Waals surface area contributed by atoms with Crippen LogP contribution in [0, 0.1) is 0 Å². The number of carbonyl (C=O) groups excluding carboxylic acids is 1. The van der Waals surface area contributed by atoms with E-state index in [1.165, 1.54) is 29.5 Å². The summed E-state index contributed by atoms with van der Waals surface area (Å²) in [6.45, 7) is 0.477. The monoisotopic (exact) mass is 417 g/mol. The molecule has 1 N–H and O–H groups in total. The molecule has 3 aromatic rings. The quantitative estimate of drug-likeness (QED) is 0.552. The highest BCUT2D eigenvalue weighted by atomic mass is 32.1. The Balaban J connectivity index is 1.54. The van der Waals surface area contributed by atoms with Gasteiger partial charge in [-0.3, -0.25) is 0 Å². The van der Waals surface area contributed by atoms with E-state index in [1.54, 1.807) is 11.1 Å². The van der Waals surface area contributed by atoms with Crippen LogP contribution in [0.5, 0.6) is 0 Å². The predicted octanol–water partition coefficient (Wildman–Crippen LogP) is 6.20. The second-order valence-electron chi connectivity index (χ2n) is 6.75. The van der Waals surface area contributed by atoms with Gasteiger partial charge in [-0.15, -0.1) is 11.3 Å². The second kappa shape index (κ2) is 7.87. The van der Waals surface area contributed by atoms with Crippen molar-refractivity contribution in [2.24, 2.45) is 0 Å². The Morgan fingerprint density at radius 2 is 1.83 bits per heavy atom. The summed E-state index contributed by atoms with van der Waals surface area (Å²) in [5, 5.41) is 3.23. The lowest BCUT2D eigenvalue weighted by molar-refractivity contribution is -0.136. The molecule has 1 saturated heterocycles. The second-order valence-corrected chi connectivity index (χ2v) is 7.82. The highest BCUT2D eigenvalue weighted by Gasteiger charge is 2.36. The third kappa shape index (κ3) is 4.12.